The van der Waals surface area contributed by atoms with E-state index in [9.17, 15) is 18.4 Å². The van der Waals surface area contributed by atoms with Gasteiger partial charge in [-0.1, -0.05) is 23.2 Å². The van der Waals surface area contributed by atoms with Crippen molar-refractivity contribution >= 4 is 57.9 Å². The average Bonchev–Trinajstić information content (AvgIpc) is 3.34. The third-order valence-electron chi connectivity index (χ3n) is 5.67. The van der Waals surface area contributed by atoms with Crippen LogP contribution >= 0.6 is 23.2 Å². The van der Waals surface area contributed by atoms with Gasteiger partial charge < -0.3 is 24.8 Å². The van der Waals surface area contributed by atoms with Crippen molar-refractivity contribution in [3.05, 3.63) is 80.9 Å². The van der Waals surface area contributed by atoms with Gasteiger partial charge in [-0.2, -0.15) is 5.10 Å². The van der Waals surface area contributed by atoms with Crippen LogP contribution in [0.2, 0.25) is 10.0 Å². The number of hydrogen-bond donors (Lipinski definition) is 3. The summed E-state index contributed by atoms with van der Waals surface area (Å²) < 4.78 is 27.7. The Morgan fingerprint density at radius 3 is 2.76 bits per heavy atom. The van der Waals surface area contributed by atoms with Gasteiger partial charge in [0.2, 0.25) is 5.88 Å². The minimum atomic E-state index is -2.88. The minimum Gasteiger partial charge on any atom is -0.740 e. The molecule has 2 aliphatic heterocycles. The zero-order valence-electron chi connectivity index (χ0n) is 19.6. The first kappa shape index (κ1) is 26.6. The topological polar surface area (TPSA) is 148 Å². The zero-order valence-corrected chi connectivity index (χ0v) is 21.9. The molecule has 3 N–H and O–H groups in total. The van der Waals surface area contributed by atoms with Crippen molar-refractivity contribution in [1.82, 2.24) is 20.6 Å². The van der Waals surface area contributed by atoms with Gasteiger partial charge in [-0.3, -0.25) is 19.5 Å². The summed E-state index contributed by atoms with van der Waals surface area (Å²) in [6.45, 7) is 1.98. The highest BCUT2D eigenvalue weighted by molar-refractivity contribution is 7.74. The molecule has 2 atom stereocenters. The van der Waals surface area contributed by atoms with Gasteiger partial charge in [-0.05, 0) is 42.8 Å². The molecular weight excluding hydrogens is 543 g/mol. The molecule has 2 aliphatic rings. The molecule has 2 unspecified atom stereocenters. The fraction of sp³-hybridized carbons (Fsp3) is 0.217. The summed E-state index contributed by atoms with van der Waals surface area (Å²) in [7, 11) is 1.47. The number of aromatic nitrogens is 1. The fourth-order valence-electron chi connectivity index (χ4n) is 3.97. The first-order chi connectivity index (χ1) is 17.7. The van der Waals surface area contributed by atoms with Gasteiger partial charge in [0.1, 0.15) is 17.2 Å². The zero-order chi connectivity index (χ0) is 26.7. The molecule has 0 fully saturated rings. The molecule has 0 saturated carbocycles. The molecule has 11 nitrogen and oxygen atoms in total. The average molecular weight is 564 g/mol. The number of amidine groups is 1. The molecule has 0 saturated heterocycles. The number of halogens is 2. The second kappa shape index (κ2) is 11.3. The quantitative estimate of drug-likeness (QED) is 0.454. The van der Waals surface area contributed by atoms with E-state index in [1.54, 1.807) is 31.3 Å². The van der Waals surface area contributed by atoms with Gasteiger partial charge in [-0.15, -0.1) is 0 Å². The smallest absolute Gasteiger partial charge is 0.253 e. The van der Waals surface area contributed by atoms with Crippen LogP contribution in [-0.4, -0.2) is 56.4 Å². The van der Waals surface area contributed by atoms with Gasteiger partial charge in [0.05, 0.1) is 34.4 Å². The fourth-order valence-corrected chi connectivity index (χ4v) is 4.78. The highest BCUT2D eigenvalue weighted by Gasteiger charge is 2.35. The lowest BCUT2D eigenvalue weighted by molar-refractivity contribution is -0.113. The highest BCUT2D eigenvalue weighted by atomic mass is 35.5. The maximum atomic E-state index is 13.3. The van der Waals surface area contributed by atoms with E-state index in [0.29, 0.717) is 39.4 Å². The molecule has 0 bridgehead atoms. The Morgan fingerprint density at radius 1 is 1.27 bits per heavy atom. The maximum Gasteiger partial charge on any atom is 0.253 e. The van der Waals surface area contributed by atoms with Crippen LogP contribution < -0.4 is 16.1 Å². The van der Waals surface area contributed by atoms with E-state index in [-0.39, 0.29) is 23.6 Å². The number of anilines is 1. The van der Waals surface area contributed by atoms with Crippen molar-refractivity contribution in [3.63, 3.8) is 0 Å². The van der Waals surface area contributed by atoms with Crippen molar-refractivity contribution in [2.24, 2.45) is 5.10 Å². The number of benzene rings is 1. The predicted molar refractivity (Wildman–Crippen MR) is 139 cm³/mol. The van der Waals surface area contributed by atoms with E-state index in [4.69, 9.17) is 27.4 Å². The number of allylic oxidation sites excluding steroid dienone is 2. The molecule has 4 rings (SSSR count). The first-order valence-electron chi connectivity index (χ1n) is 10.9. The highest BCUT2D eigenvalue weighted by Crippen LogP contribution is 2.31. The lowest BCUT2D eigenvalue weighted by atomic mass is 10.0. The Labute approximate surface area is 225 Å². The van der Waals surface area contributed by atoms with Gasteiger partial charge >= 0.3 is 0 Å². The Morgan fingerprint density at radius 2 is 2.05 bits per heavy atom. The molecule has 0 spiro atoms. The Kier molecular flexibility index (Phi) is 8.13. The van der Waals surface area contributed by atoms with E-state index in [0.717, 1.165) is 0 Å². The molecule has 37 heavy (non-hydrogen) atoms. The summed E-state index contributed by atoms with van der Waals surface area (Å²) in [5, 5.41) is 10.4. The second-order valence-electron chi connectivity index (χ2n) is 8.00. The predicted octanol–water partition coefficient (Wildman–Crippen LogP) is 2.59. The molecule has 2 aromatic rings. The number of carbonyl (C=O) groups excluding carboxylic acids is 2. The lowest BCUT2D eigenvalue weighted by Gasteiger charge is -2.31. The van der Waals surface area contributed by atoms with Crippen LogP contribution in [0.25, 0.3) is 0 Å². The van der Waals surface area contributed by atoms with Crippen LogP contribution in [0.1, 0.15) is 27.5 Å². The summed E-state index contributed by atoms with van der Waals surface area (Å²) in [5.74, 6) is -1.07. The summed E-state index contributed by atoms with van der Waals surface area (Å²) in [5.41, 5.74) is 4.74. The number of nitrogens with zero attached hydrogens (tertiary/aromatic N) is 3. The Balaban J connectivity index is 1.65. The van der Waals surface area contributed by atoms with Crippen molar-refractivity contribution in [1.29, 1.82) is 0 Å². The number of amides is 2. The maximum absolute atomic E-state index is 13.3. The molecule has 14 heteroatoms. The van der Waals surface area contributed by atoms with Crippen LogP contribution in [-0.2, 0) is 20.3 Å². The number of rotatable bonds is 6. The first-order valence-corrected chi connectivity index (χ1v) is 12.7. The van der Waals surface area contributed by atoms with Crippen molar-refractivity contribution in [2.75, 3.05) is 25.5 Å². The van der Waals surface area contributed by atoms with Crippen molar-refractivity contribution < 1.29 is 22.5 Å². The Hall–Kier alpha value is -3.45. The monoisotopic (exact) mass is 563 g/mol. The van der Waals surface area contributed by atoms with Crippen molar-refractivity contribution in [3.8, 4) is 0 Å². The summed E-state index contributed by atoms with van der Waals surface area (Å²) >= 11 is 9.59. The van der Waals surface area contributed by atoms with E-state index in [1.165, 1.54) is 30.2 Å². The van der Waals surface area contributed by atoms with Crippen LogP contribution in [0.3, 0.4) is 0 Å². The van der Waals surface area contributed by atoms with E-state index in [1.807, 2.05) is 0 Å². The standard InChI is InChI=1S/C23H22Cl2N6O5S/c1-12-8-14(24)9-15(23(33)26-2)19(12)29-22(32)13-5-6-18(36-37(34)35)31(11-13)21-16(10-28-30-21)20-17(25)4-3-7-27-20/h3-9,16,28H,10-11H2,1-2H3,(H,26,33)(H,29,32)(H,34,35)/p-1. The second-order valence-corrected chi connectivity index (χ2v) is 9.42. The third kappa shape index (κ3) is 5.77. The lowest BCUT2D eigenvalue weighted by Crippen LogP contribution is -2.40. The van der Waals surface area contributed by atoms with Crippen LogP contribution in [0.5, 0.6) is 0 Å². The number of nitrogens with one attached hydrogen (secondary N) is 3. The van der Waals surface area contributed by atoms with Crippen LogP contribution in [0.15, 0.2) is 59.2 Å². The largest absolute Gasteiger partial charge is 0.740 e. The molecule has 1 aromatic carbocycles. The number of pyridine rings is 1. The summed E-state index contributed by atoms with van der Waals surface area (Å²) in [6.07, 6.45) is 4.37. The van der Waals surface area contributed by atoms with E-state index >= 15 is 0 Å². The minimum absolute atomic E-state index is 0.0573. The van der Waals surface area contributed by atoms with Gasteiger partial charge in [0.15, 0.2) is 0 Å². The molecule has 0 radical (unpaired) electrons. The van der Waals surface area contributed by atoms with Gasteiger partial charge in [0, 0.05) is 36.5 Å². The molecule has 1 aromatic heterocycles. The van der Waals surface area contributed by atoms with Crippen LogP contribution in [0, 0.1) is 6.92 Å². The number of aryl methyl sites for hydroxylation is 1. The van der Waals surface area contributed by atoms with Gasteiger partial charge in [0.25, 0.3) is 11.8 Å². The summed E-state index contributed by atoms with van der Waals surface area (Å²) in [6, 6.07) is 6.46. The van der Waals surface area contributed by atoms with Crippen molar-refractivity contribution in [2.45, 2.75) is 12.8 Å². The van der Waals surface area contributed by atoms with Crippen LogP contribution in [0.4, 0.5) is 5.69 Å². The third-order valence-corrected chi connectivity index (χ3v) is 6.52. The molecule has 0 aliphatic carbocycles. The van der Waals surface area contributed by atoms with Gasteiger partial charge in [-0.25, -0.2) is 4.21 Å². The molecular formula is C23H21Cl2N6O5S-. The van der Waals surface area contributed by atoms with E-state index in [2.05, 4.69) is 26.1 Å². The van der Waals surface area contributed by atoms with E-state index < -0.39 is 29.1 Å². The SMILES string of the molecule is CNC(=O)c1cc(Cl)cc(C)c1NC(=O)C1=CC=C(OS(=O)[O-])N(C2=NNCC2c2ncccc2Cl)C1. The number of hydrogen-bond acceptors (Lipinski definition) is 9. The molecule has 194 valence electrons. The molecule has 3 heterocycles. The number of hydrazone groups is 1. The Bertz CT molecular complexity index is 1380. The molecule has 2 amide bonds. The number of carbonyl (C=O) groups is 2. The normalized spacial score (nSPS) is 17.7. The summed E-state index contributed by atoms with van der Waals surface area (Å²) in [4.78, 5) is 31.5.